The largest absolute Gasteiger partial charge is 0.334 e. The van der Waals surface area contributed by atoms with Gasteiger partial charge in [-0.25, -0.2) is 0 Å². The maximum Gasteiger partial charge on any atom is 0.252 e. The van der Waals surface area contributed by atoms with Gasteiger partial charge in [0.25, 0.3) is 6.71 Å². The van der Waals surface area contributed by atoms with Crippen LogP contribution in [0.4, 0.5) is 45.5 Å². The first-order valence-electron chi connectivity index (χ1n) is 30.1. The zero-order valence-electron chi connectivity index (χ0n) is 50.1. The van der Waals surface area contributed by atoms with E-state index in [1.165, 1.54) is 168 Å². The van der Waals surface area contributed by atoms with Gasteiger partial charge in [-0.15, -0.1) is 0 Å². The summed E-state index contributed by atoms with van der Waals surface area (Å²) < 4.78 is 0. The minimum absolute atomic E-state index is 0.0176. The Morgan fingerprint density at radius 3 is 1.63 bits per heavy atom. The molecule has 4 aliphatic carbocycles. The molecule has 7 aliphatic rings. The summed E-state index contributed by atoms with van der Waals surface area (Å²) in [4.78, 5) is 8.27. The third-order valence-electron chi connectivity index (χ3n) is 22.3. The van der Waals surface area contributed by atoms with Gasteiger partial charge >= 0.3 is 0 Å². The van der Waals surface area contributed by atoms with Crippen LogP contribution in [0, 0.1) is 6.92 Å². The molecule has 2 unspecified atom stereocenters. The Bertz CT molecular complexity index is 3740. The van der Waals surface area contributed by atoms with Gasteiger partial charge in [-0.1, -0.05) is 170 Å². The predicted octanol–water partition coefficient (Wildman–Crippen LogP) is 18.1. The molecule has 4 heteroatoms. The monoisotopic (exact) mass is 1030 g/mol. The summed E-state index contributed by atoms with van der Waals surface area (Å²) in [6, 6.07) is 50.0. The molecule has 14 rings (SSSR count). The van der Waals surface area contributed by atoms with Gasteiger partial charge in [0.1, 0.15) is 0 Å². The lowest BCUT2D eigenvalue weighted by Gasteiger charge is -2.51. The van der Waals surface area contributed by atoms with Crippen molar-refractivity contribution in [3.05, 3.63) is 171 Å². The van der Waals surface area contributed by atoms with E-state index in [1.54, 1.807) is 0 Å². The molecule has 3 heterocycles. The second kappa shape index (κ2) is 15.9. The minimum atomic E-state index is -0.146. The molecule has 3 aliphatic heterocycles. The van der Waals surface area contributed by atoms with Crippen molar-refractivity contribution in [3.63, 3.8) is 0 Å². The number of hydrogen-bond donors (Lipinski definition) is 0. The van der Waals surface area contributed by atoms with Crippen molar-refractivity contribution in [2.45, 2.75) is 206 Å². The Labute approximate surface area is 469 Å². The fourth-order valence-electron chi connectivity index (χ4n) is 17.0. The van der Waals surface area contributed by atoms with Crippen LogP contribution < -0.4 is 31.1 Å². The maximum atomic E-state index is 2.82. The third kappa shape index (κ3) is 6.70. The SMILES string of the molecule is Cc1cc2c3c(c1)N(c1ccc4c(c1)C(C)(C)CCC4(C)C)c1cc4c(cc1B3c1ccc(N3c5ccc(C(C)(C)C)cc5C5(C)CCCCC35C)cc1N2c1ccc2c(c1)C(C)(C)c1ccccc1-2)C(C)(C)CCC4(C)C. The van der Waals surface area contributed by atoms with Gasteiger partial charge in [0.15, 0.2) is 0 Å². The molecule has 78 heavy (non-hydrogen) atoms. The Hall–Kier alpha value is -6.00. The van der Waals surface area contributed by atoms with Crippen LogP contribution in [0.5, 0.6) is 0 Å². The van der Waals surface area contributed by atoms with E-state index in [4.69, 9.17) is 0 Å². The molecule has 0 saturated heterocycles. The summed E-state index contributed by atoms with van der Waals surface area (Å²) in [5.74, 6) is 0. The number of nitrogens with zero attached hydrogens (tertiary/aromatic N) is 3. The highest BCUT2D eigenvalue weighted by molar-refractivity contribution is 7.00. The lowest BCUT2D eigenvalue weighted by Crippen LogP contribution is -2.62. The number of hydrogen-bond acceptors (Lipinski definition) is 3. The Kier molecular flexibility index (Phi) is 10.2. The molecule has 1 saturated carbocycles. The Balaban J connectivity index is 1.06. The molecule has 0 aromatic heterocycles. The third-order valence-corrected chi connectivity index (χ3v) is 22.3. The quantitative estimate of drug-likeness (QED) is 0.163. The smallest absolute Gasteiger partial charge is 0.252 e. The highest BCUT2D eigenvalue weighted by Gasteiger charge is 2.58. The summed E-state index contributed by atoms with van der Waals surface area (Å²) in [7, 11) is 0. The maximum absolute atomic E-state index is 2.82. The van der Waals surface area contributed by atoms with Crippen molar-refractivity contribution in [2.24, 2.45) is 0 Å². The number of anilines is 8. The number of benzene rings is 7. The highest BCUT2D eigenvalue weighted by Crippen LogP contribution is 2.62. The van der Waals surface area contributed by atoms with Crippen LogP contribution in [-0.4, -0.2) is 12.3 Å². The van der Waals surface area contributed by atoms with Gasteiger partial charge in [-0.3, -0.25) is 0 Å². The number of rotatable bonds is 3. The lowest BCUT2D eigenvalue weighted by atomic mass is 9.33. The van der Waals surface area contributed by atoms with Crippen LogP contribution >= 0.6 is 0 Å². The molecule has 0 amide bonds. The van der Waals surface area contributed by atoms with E-state index < -0.39 is 0 Å². The topological polar surface area (TPSA) is 9.72 Å². The van der Waals surface area contributed by atoms with Crippen LogP contribution in [0.25, 0.3) is 11.1 Å². The van der Waals surface area contributed by atoms with E-state index in [9.17, 15) is 0 Å². The lowest BCUT2D eigenvalue weighted by molar-refractivity contribution is 0.195. The molecule has 3 nitrogen and oxygen atoms in total. The van der Waals surface area contributed by atoms with Crippen molar-refractivity contribution in [1.82, 2.24) is 0 Å². The summed E-state index contributed by atoms with van der Waals surface area (Å²) in [6.45, 7) is 39.5. The molecular formula is C74H84BN3. The van der Waals surface area contributed by atoms with Crippen molar-refractivity contribution < 1.29 is 0 Å². The van der Waals surface area contributed by atoms with Crippen LogP contribution in [0.2, 0.25) is 0 Å². The minimum Gasteiger partial charge on any atom is -0.334 e. The second-order valence-electron chi connectivity index (χ2n) is 30.3. The van der Waals surface area contributed by atoms with E-state index >= 15 is 0 Å². The van der Waals surface area contributed by atoms with Crippen LogP contribution in [0.1, 0.15) is 205 Å². The standard InChI is InChI=1S/C74H84BN3/c1-45-37-64-66-65(38-45)77(48-25-28-53-55(41-48)69(7,8)34-33-68(53,5)6)63-44-57-56(70(9,10)35-36-71(57,11)12)43-60(63)75(66)59-29-26-49(78-61-30-23-46(67(2,3)4)39-58(61)73(15)31-19-20-32-74(73,78)16)42-62(59)76(64)47-24-27-51-50-21-17-18-22-52(50)72(13,14)54(51)40-47/h17-18,21-30,37-44H,19-20,31-36H2,1-16H3. The van der Waals surface area contributed by atoms with Gasteiger partial charge < -0.3 is 14.7 Å². The molecule has 0 spiro atoms. The van der Waals surface area contributed by atoms with Gasteiger partial charge in [0.05, 0.1) is 5.54 Å². The normalized spacial score (nSPS) is 23.7. The van der Waals surface area contributed by atoms with Gasteiger partial charge in [-0.05, 0) is 218 Å². The summed E-state index contributed by atoms with van der Waals surface area (Å²) in [5.41, 5.74) is 30.6. The first-order chi connectivity index (χ1) is 36.7. The van der Waals surface area contributed by atoms with E-state index in [2.05, 4.69) is 247 Å². The van der Waals surface area contributed by atoms with E-state index in [-0.39, 0.29) is 50.2 Å². The Morgan fingerprint density at radius 1 is 0.410 bits per heavy atom. The predicted molar refractivity (Wildman–Crippen MR) is 335 cm³/mol. The molecule has 0 bridgehead atoms. The Morgan fingerprint density at radius 2 is 0.962 bits per heavy atom. The molecule has 7 aromatic carbocycles. The zero-order chi connectivity index (χ0) is 54.8. The summed E-state index contributed by atoms with van der Waals surface area (Å²) in [6.07, 6.45) is 9.61. The van der Waals surface area contributed by atoms with E-state index in [1.807, 2.05) is 0 Å². The molecule has 7 aromatic rings. The molecule has 398 valence electrons. The molecular weight excluding hydrogens is 942 g/mol. The van der Waals surface area contributed by atoms with Crippen LogP contribution in [0.15, 0.2) is 121 Å². The summed E-state index contributed by atoms with van der Waals surface area (Å²) >= 11 is 0. The first kappa shape index (κ1) is 50.2. The van der Waals surface area contributed by atoms with Crippen LogP contribution in [0.3, 0.4) is 0 Å². The van der Waals surface area contributed by atoms with Gasteiger partial charge in [0.2, 0.25) is 0 Å². The van der Waals surface area contributed by atoms with Crippen molar-refractivity contribution in [1.29, 1.82) is 0 Å². The summed E-state index contributed by atoms with van der Waals surface area (Å²) in [5, 5.41) is 0. The van der Waals surface area contributed by atoms with Crippen molar-refractivity contribution in [3.8, 4) is 11.1 Å². The highest BCUT2D eigenvalue weighted by atomic mass is 15.3. The van der Waals surface area contributed by atoms with Crippen molar-refractivity contribution >= 4 is 68.6 Å². The number of fused-ring (bicyclic) bond motifs is 12. The van der Waals surface area contributed by atoms with Crippen LogP contribution in [-0.2, 0) is 37.9 Å². The molecule has 2 atom stereocenters. The fraction of sp³-hybridized carbons (Fsp3) is 0.432. The van der Waals surface area contributed by atoms with Gasteiger partial charge in [-0.2, -0.15) is 0 Å². The molecule has 1 fully saturated rings. The van der Waals surface area contributed by atoms with Crippen molar-refractivity contribution in [2.75, 3.05) is 14.7 Å². The fourth-order valence-corrected chi connectivity index (χ4v) is 17.0. The second-order valence-corrected chi connectivity index (χ2v) is 30.3. The van der Waals surface area contributed by atoms with E-state index in [0.717, 1.165) is 6.42 Å². The zero-order valence-corrected chi connectivity index (χ0v) is 50.1. The average molecular weight is 1030 g/mol. The average Bonchev–Trinajstić information content (AvgIpc) is 2.76. The molecule has 0 N–H and O–H groups in total. The van der Waals surface area contributed by atoms with Gasteiger partial charge in [0, 0.05) is 56.3 Å². The first-order valence-corrected chi connectivity index (χ1v) is 30.1. The number of aryl methyl sites for hydroxylation is 1. The van der Waals surface area contributed by atoms with E-state index in [0.29, 0.717) is 0 Å². The molecule has 0 radical (unpaired) electrons.